The molecule has 0 saturated carbocycles. The highest BCUT2D eigenvalue weighted by Gasteiger charge is 2.22. The zero-order valence-corrected chi connectivity index (χ0v) is 13.5. The summed E-state index contributed by atoms with van der Waals surface area (Å²) in [5.41, 5.74) is 0.954. The molecule has 0 aliphatic heterocycles. The van der Waals surface area contributed by atoms with Gasteiger partial charge in [-0.2, -0.15) is 0 Å². The summed E-state index contributed by atoms with van der Waals surface area (Å²) in [6, 6.07) is 5.09. The van der Waals surface area contributed by atoms with Crippen molar-refractivity contribution < 1.29 is 26.3 Å². The number of hydrogen-bond acceptors (Lipinski definition) is 0. The summed E-state index contributed by atoms with van der Waals surface area (Å²) in [5, 5.41) is 0. The molecule has 0 nitrogen and oxygen atoms in total. The molecule has 0 unspecified atom stereocenters. The van der Waals surface area contributed by atoms with Crippen LogP contribution >= 0.6 is 0 Å². The molecule has 2 aromatic carbocycles. The zero-order chi connectivity index (χ0) is 18.3. The topological polar surface area (TPSA) is 0 Å². The van der Waals surface area contributed by atoms with Crippen LogP contribution in [-0.2, 0) is 0 Å². The van der Waals surface area contributed by atoms with Crippen LogP contribution in [0.2, 0.25) is 0 Å². The maximum atomic E-state index is 12.5. The monoisotopic (exact) mass is 336 g/mol. The molecule has 0 bridgehead atoms. The van der Waals surface area contributed by atoms with Gasteiger partial charge in [0.25, 0.3) is 0 Å². The minimum Gasteiger partial charge on any atom is -0.207 e. The normalized spacial score (nSPS) is 9.52. The Kier molecular flexibility index (Phi) is 8.43. The molecule has 0 heterocycles. The lowest BCUT2D eigenvalue weighted by Gasteiger charge is -2.02. The predicted octanol–water partition coefficient (Wildman–Crippen LogP) is 6.16. The Hall–Kier alpha value is -1.98. The molecule has 0 fully saturated rings. The molecular formula is C17H18F6. The van der Waals surface area contributed by atoms with E-state index in [1.807, 2.05) is 26.8 Å². The quantitative estimate of drug-likeness (QED) is 0.307. The summed E-state index contributed by atoms with van der Waals surface area (Å²) in [5.74, 6) is -9.65. The Morgan fingerprint density at radius 2 is 1.00 bits per heavy atom. The van der Waals surface area contributed by atoms with Gasteiger partial charge in [-0.1, -0.05) is 31.5 Å². The van der Waals surface area contributed by atoms with Gasteiger partial charge in [-0.05, 0) is 32.4 Å². The molecule has 0 aromatic heterocycles. The van der Waals surface area contributed by atoms with Crippen molar-refractivity contribution in [1.82, 2.24) is 0 Å². The van der Waals surface area contributed by atoms with Gasteiger partial charge in [0.15, 0.2) is 23.3 Å². The average molecular weight is 336 g/mol. The van der Waals surface area contributed by atoms with Gasteiger partial charge in [-0.25, -0.2) is 26.3 Å². The lowest BCUT2D eigenvalue weighted by Crippen LogP contribution is -2.03. The van der Waals surface area contributed by atoms with Gasteiger partial charge in [-0.15, -0.1) is 0 Å². The van der Waals surface area contributed by atoms with Crippen LogP contribution in [0.4, 0.5) is 26.3 Å². The first kappa shape index (κ1) is 21.0. The van der Waals surface area contributed by atoms with Crippen molar-refractivity contribution in [2.24, 2.45) is 0 Å². The highest BCUT2D eigenvalue weighted by atomic mass is 19.2. The zero-order valence-electron chi connectivity index (χ0n) is 13.5. The molecule has 0 saturated heterocycles. The Labute approximate surface area is 131 Å². The summed E-state index contributed by atoms with van der Waals surface area (Å²) < 4.78 is 74.1. The molecule has 0 N–H and O–H groups in total. The third-order valence-electron chi connectivity index (χ3n) is 2.74. The van der Waals surface area contributed by atoms with E-state index in [1.165, 1.54) is 6.07 Å². The molecule has 23 heavy (non-hydrogen) atoms. The predicted molar refractivity (Wildman–Crippen MR) is 78.2 cm³/mol. The summed E-state index contributed by atoms with van der Waals surface area (Å²) in [6.07, 6.45) is 0. The van der Waals surface area contributed by atoms with Crippen molar-refractivity contribution in [2.75, 3.05) is 0 Å². The second-order valence-corrected chi connectivity index (χ2v) is 4.45. The average Bonchev–Trinajstić information content (AvgIpc) is 2.55. The van der Waals surface area contributed by atoms with Crippen LogP contribution in [0, 0.1) is 55.7 Å². The van der Waals surface area contributed by atoms with E-state index in [0.717, 1.165) is 18.1 Å². The maximum Gasteiger partial charge on any atom is 0.200 e. The molecular weight excluding hydrogens is 318 g/mol. The SMILES string of the molecule is CC.Cc1c(F)c(F)c(F)c(F)c1F.Cc1ccc(F)c(C)c1. The third-order valence-corrected chi connectivity index (χ3v) is 2.74. The number of aryl methyl sites for hydroxylation is 2. The molecule has 0 spiro atoms. The minimum absolute atomic E-state index is 0.124. The van der Waals surface area contributed by atoms with Crippen LogP contribution < -0.4 is 0 Å². The van der Waals surface area contributed by atoms with Gasteiger partial charge < -0.3 is 0 Å². The second kappa shape index (κ2) is 9.22. The van der Waals surface area contributed by atoms with E-state index < -0.39 is 34.6 Å². The fourth-order valence-electron chi connectivity index (χ4n) is 1.51. The van der Waals surface area contributed by atoms with Gasteiger partial charge in [0.1, 0.15) is 5.82 Å². The third kappa shape index (κ3) is 5.30. The van der Waals surface area contributed by atoms with Crippen LogP contribution in [0.15, 0.2) is 18.2 Å². The van der Waals surface area contributed by atoms with Gasteiger partial charge in [0, 0.05) is 5.56 Å². The van der Waals surface area contributed by atoms with Gasteiger partial charge in [0.05, 0.1) is 0 Å². The molecule has 0 radical (unpaired) electrons. The van der Waals surface area contributed by atoms with E-state index in [9.17, 15) is 26.3 Å². The van der Waals surface area contributed by atoms with Crippen molar-refractivity contribution in [3.8, 4) is 0 Å². The van der Waals surface area contributed by atoms with Crippen molar-refractivity contribution in [2.45, 2.75) is 34.6 Å². The molecule has 2 aromatic rings. The van der Waals surface area contributed by atoms with E-state index >= 15 is 0 Å². The van der Waals surface area contributed by atoms with Gasteiger partial charge in [0.2, 0.25) is 5.82 Å². The van der Waals surface area contributed by atoms with Crippen LogP contribution in [0.3, 0.4) is 0 Å². The molecule has 0 atom stereocenters. The molecule has 0 aliphatic rings. The highest BCUT2D eigenvalue weighted by Crippen LogP contribution is 2.21. The van der Waals surface area contributed by atoms with Crippen LogP contribution in [0.25, 0.3) is 0 Å². The molecule has 0 aliphatic carbocycles. The molecule has 128 valence electrons. The number of halogens is 6. The van der Waals surface area contributed by atoms with Crippen molar-refractivity contribution >= 4 is 0 Å². The lowest BCUT2D eigenvalue weighted by atomic mass is 10.1. The van der Waals surface area contributed by atoms with Crippen LogP contribution in [0.5, 0.6) is 0 Å². The largest absolute Gasteiger partial charge is 0.207 e. The Morgan fingerprint density at radius 3 is 1.35 bits per heavy atom. The van der Waals surface area contributed by atoms with Crippen molar-refractivity contribution in [3.63, 3.8) is 0 Å². The van der Waals surface area contributed by atoms with E-state index in [0.29, 0.717) is 0 Å². The molecule has 0 amide bonds. The number of hydrogen-bond donors (Lipinski definition) is 0. The highest BCUT2D eigenvalue weighted by molar-refractivity contribution is 5.23. The summed E-state index contributed by atoms with van der Waals surface area (Å²) in [6.45, 7) is 8.53. The van der Waals surface area contributed by atoms with Crippen molar-refractivity contribution in [3.05, 3.63) is 69.8 Å². The maximum absolute atomic E-state index is 12.5. The standard InChI is InChI=1S/C8H9F.C7H3F5.C2H6/c1-6-3-4-8(9)7(2)5-6;1-2-3(8)5(10)7(12)6(11)4(2)9;1-2/h3-5H,1-2H3;1H3;1-2H3. The fraction of sp³-hybridized carbons (Fsp3) is 0.294. The van der Waals surface area contributed by atoms with E-state index in [4.69, 9.17) is 0 Å². The lowest BCUT2D eigenvalue weighted by molar-refractivity contribution is 0.373. The van der Waals surface area contributed by atoms with Crippen molar-refractivity contribution in [1.29, 1.82) is 0 Å². The Bertz CT molecular complexity index is 560. The molecule has 6 heteroatoms. The second-order valence-electron chi connectivity index (χ2n) is 4.45. The Morgan fingerprint density at radius 1 is 0.609 bits per heavy atom. The van der Waals surface area contributed by atoms with Gasteiger partial charge >= 0.3 is 0 Å². The van der Waals surface area contributed by atoms with E-state index in [-0.39, 0.29) is 5.82 Å². The summed E-state index contributed by atoms with van der Waals surface area (Å²) in [7, 11) is 0. The number of rotatable bonds is 0. The first-order chi connectivity index (χ1) is 10.7. The van der Waals surface area contributed by atoms with Crippen LogP contribution in [-0.4, -0.2) is 0 Å². The molecule has 2 rings (SSSR count). The minimum atomic E-state index is -2.13. The van der Waals surface area contributed by atoms with E-state index in [2.05, 4.69) is 0 Å². The van der Waals surface area contributed by atoms with Gasteiger partial charge in [-0.3, -0.25) is 0 Å². The summed E-state index contributed by atoms with van der Waals surface area (Å²) >= 11 is 0. The fourth-order valence-corrected chi connectivity index (χ4v) is 1.51. The van der Waals surface area contributed by atoms with E-state index in [1.54, 1.807) is 13.0 Å². The number of benzene rings is 2. The summed E-state index contributed by atoms with van der Waals surface area (Å²) in [4.78, 5) is 0. The Balaban J connectivity index is 0.000000392. The first-order valence-corrected chi connectivity index (χ1v) is 6.87. The first-order valence-electron chi connectivity index (χ1n) is 6.87. The van der Waals surface area contributed by atoms with Crippen LogP contribution in [0.1, 0.15) is 30.5 Å². The smallest absolute Gasteiger partial charge is 0.200 e.